The Labute approximate surface area is 82.8 Å². The van der Waals surface area contributed by atoms with Crippen molar-refractivity contribution in [1.29, 1.82) is 0 Å². The molecule has 0 fully saturated rings. The van der Waals surface area contributed by atoms with Gasteiger partial charge in [-0.3, -0.25) is 18.3 Å². The summed E-state index contributed by atoms with van der Waals surface area (Å²) in [5, 5.41) is 0. The number of allylic oxidation sites excluding steroid dienone is 1. The van der Waals surface area contributed by atoms with Crippen molar-refractivity contribution >= 4 is 22.5 Å². The number of hydrogen-bond acceptors (Lipinski definition) is 5. The van der Waals surface area contributed by atoms with E-state index in [1.165, 1.54) is 0 Å². The molecule has 0 radical (unpaired) electrons. The van der Waals surface area contributed by atoms with Crippen molar-refractivity contribution in [2.24, 2.45) is 0 Å². The molecule has 82 valence electrons. The topological polar surface area (TPSA) is 97.7 Å². The summed E-state index contributed by atoms with van der Waals surface area (Å²) in [6.45, 7) is 9.05. The summed E-state index contributed by atoms with van der Waals surface area (Å²) >= 11 is 0. The van der Waals surface area contributed by atoms with E-state index in [1.807, 2.05) is 0 Å². The van der Waals surface area contributed by atoms with E-state index < -0.39 is 16.2 Å². The lowest BCUT2D eigenvalue weighted by Crippen LogP contribution is -1.96. The number of rotatable bonds is 3. The van der Waals surface area contributed by atoms with Crippen LogP contribution >= 0.6 is 0 Å². The molecular weight excluding hydrogens is 212 g/mol. The van der Waals surface area contributed by atoms with Gasteiger partial charge in [-0.2, -0.15) is 8.42 Å². The second-order valence-electron chi connectivity index (χ2n) is 1.32. The summed E-state index contributed by atoms with van der Waals surface area (Å²) in [5.41, 5.74) is 0. The van der Waals surface area contributed by atoms with Gasteiger partial charge in [0.1, 0.15) is 0 Å². The standard InChI is InChI=1S/C4H4O2.C2H4.CH4O4S/c1-2-4(6)3-5;1-2;1-5-6(2,3)4/h2-3H,1H2;1-2H2;1H3,(H,2,3,4). The third kappa shape index (κ3) is 31.0. The Morgan fingerprint density at radius 3 is 1.71 bits per heavy atom. The summed E-state index contributed by atoms with van der Waals surface area (Å²) < 4.78 is 29.7. The van der Waals surface area contributed by atoms with Gasteiger partial charge >= 0.3 is 10.4 Å². The Bertz CT molecular complexity index is 256. The van der Waals surface area contributed by atoms with Gasteiger partial charge in [0.15, 0.2) is 6.29 Å². The first-order valence-corrected chi connectivity index (χ1v) is 4.38. The molecule has 0 aromatic carbocycles. The molecule has 0 spiro atoms. The zero-order valence-electron chi connectivity index (χ0n) is 7.67. The van der Waals surface area contributed by atoms with Gasteiger partial charge in [-0.05, 0) is 6.08 Å². The van der Waals surface area contributed by atoms with Gasteiger partial charge in [0.25, 0.3) is 0 Å². The smallest absolute Gasteiger partial charge is 0.294 e. The normalized spacial score (nSPS) is 8.14. The van der Waals surface area contributed by atoms with Gasteiger partial charge in [0, 0.05) is 0 Å². The van der Waals surface area contributed by atoms with E-state index in [-0.39, 0.29) is 6.29 Å². The lowest BCUT2D eigenvalue weighted by Gasteiger charge is -1.82. The monoisotopic (exact) mass is 224 g/mol. The molecule has 0 aliphatic heterocycles. The van der Waals surface area contributed by atoms with Crippen LogP contribution in [0.5, 0.6) is 0 Å². The van der Waals surface area contributed by atoms with Crippen LogP contribution in [0.2, 0.25) is 0 Å². The van der Waals surface area contributed by atoms with Crippen LogP contribution in [0.3, 0.4) is 0 Å². The molecule has 0 aromatic rings. The minimum absolute atomic E-state index is 0.215. The molecule has 0 bridgehead atoms. The zero-order chi connectivity index (χ0) is 12.2. The molecule has 0 saturated heterocycles. The van der Waals surface area contributed by atoms with Crippen molar-refractivity contribution in [1.82, 2.24) is 0 Å². The maximum absolute atomic E-state index is 9.69. The maximum Gasteiger partial charge on any atom is 0.397 e. The number of carbonyl (C=O) groups is 2. The molecule has 0 aliphatic rings. The summed E-state index contributed by atoms with van der Waals surface area (Å²) in [7, 11) is -3.29. The van der Waals surface area contributed by atoms with Crippen LogP contribution in [-0.2, 0) is 24.2 Å². The number of ketones is 1. The van der Waals surface area contributed by atoms with E-state index >= 15 is 0 Å². The quantitative estimate of drug-likeness (QED) is 0.241. The molecule has 0 heterocycles. The van der Waals surface area contributed by atoms with Gasteiger partial charge in [0.05, 0.1) is 7.11 Å². The Hall–Kier alpha value is -1.31. The Kier molecular flexibility index (Phi) is 15.4. The first-order valence-electron chi connectivity index (χ1n) is 3.02. The molecule has 0 aromatic heterocycles. The summed E-state index contributed by atoms with van der Waals surface area (Å²) in [6.07, 6.45) is 1.18. The van der Waals surface area contributed by atoms with Crippen LogP contribution in [0.1, 0.15) is 0 Å². The highest BCUT2D eigenvalue weighted by Gasteiger charge is 1.94. The second kappa shape index (κ2) is 11.7. The SMILES string of the molecule is C=C.C=CC(=O)C=O.COS(=O)(=O)O. The highest BCUT2D eigenvalue weighted by atomic mass is 32.3. The van der Waals surface area contributed by atoms with Crippen LogP contribution in [0.25, 0.3) is 0 Å². The fraction of sp³-hybridized carbons (Fsp3) is 0.143. The first kappa shape index (κ1) is 18.5. The molecule has 0 unspecified atom stereocenters. The minimum atomic E-state index is -4.16. The third-order valence-electron chi connectivity index (χ3n) is 0.528. The van der Waals surface area contributed by atoms with Crippen LogP contribution in [0.4, 0.5) is 0 Å². The molecule has 0 saturated carbocycles. The van der Waals surface area contributed by atoms with Crippen molar-refractivity contribution in [2.45, 2.75) is 0 Å². The highest BCUT2D eigenvalue weighted by Crippen LogP contribution is 1.74. The van der Waals surface area contributed by atoms with Gasteiger partial charge in [-0.15, -0.1) is 13.2 Å². The first-order chi connectivity index (χ1) is 6.37. The third-order valence-corrected chi connectivity index (χ3v) is 0.949. The molecule has 0 rings (SSSR count). The number of hydrogen-bond donors (Lipinski definition) is 1. The van der Waals surface area contributed by atoms with Crippen molar-refractivity contribution in [3.63, 3.8) is 0 Å². The lowest BCUT2D eigenvalue weighted by molar-refractivity contribution is -0.126. The minimum Gasteiger partial charge on any atom is -0.294 e. The van der Waals surface area contributed by atoms with E-state index in [1.54, 1.807) is 0 Å². The maximum atomic E-state index is 9.69. The van der Waals surface area contributed by atoms with Crippen LogP contribution in [0, 0.1) is 0 Å². The molecule has 0 atom stereocenters. The lowest BCUT2D eigenvalue weighted by atomic mass is 10.4. The van der Waals surface area contributed by atoms with Gasteiger partial charge < -0.3 is 0 Å². The average Bonchev–Trinajstić information content (AvgIpc) is 2.19. The fourth-order valence-electron chi connectivity index (χ4n) is 0.0481. The summed E-state index contributed by atoms with van der Waals surface area (Å²) in [5.74, 6) is -0.574. The van der Waals surface area contributed by atoms with Crippen molar-refractivity contribution in [3.8, 4) is 0 Å². The van der Waals surface area contributed by atoms with Crippen molar-refractivity contribution in [2.75, 3.05) is 7.11 Å². The van der Waals surface area contributed by atoms with E-state index in [9.17, 15) is 18.0 Å². The summed E-state index contributed by atoms with van der Waals surface area (Å²) in [6, 6.07) is 0. The highest BCUT2D eigenvalue weighted by molar-refractivity contribution is 7.80. The Balaban J connectivity index is -0.000000147. The van der Waals surface area contributed by atoms with Gasteiger partial charge in [0.2, 0.25) is 5.78 Å². The van der Waals surface area contributed by atoms with Gasteiger partial charge in [-0.1, -0.05) is 6.58 Å². The van der Waals surface area contributed by atoms with Gasteiger partial charge in [-0.25, -0.2) is 0 Å². The molecule has 1 N–H and O–H groups in total. The molecule has 0 amide bonds. The van der Waals surface area contributed by atoms with E-state index in [0.717, 1.165) is 13.2 Å². The predicted octanol–water partition coefficient (Wildman–Crippen LogP) is 0.178. The molecule has 6 nitrogen and oxygen atoms in total. The van der Waals surface area contributed by atoms with Crippen LogP contribution < -0.4 is 0 Å². The van der Waals surface area contributed by atoms with E-state index in [0.29, 0.717) is 0 Å². The van der Waals surface area contributed by atoms with E-state index in [4.69, 9.17) is 4.55 Å². The Morgan fingerprint density at radius 2 is 1.71 bits per heavy atom. The molecular formula is C7H12O6S. The van der Waals surface area contributed by atoms with Crippen LogP contribution in [-0.4, -0.2) is 32.1 Å². The summed E-state index contributed by atoms with van der Waals surface area (Å²) in [4.78, 5) is 19.0. The van der Waals surface area contributed by atoms with Crippen LogP contribution in [0.15, 0.2) is 25.8 Å². The Morgan fingerprint density at radius 1 is 1.43 bits per heavy atom. The van der Waals surface area contributed by atoms with Crippen molar-refractivity contribution in [3.05, 3.63) is 25.8 Å². The predicted molar refractivity (Wildman–Crippen MR) is 51.1 cm³/mol. The molecule has 14 heavy (non-hydrogen) atoms. The fourth-order valence-corrected chi connectivity index (χ4v) is 0.0481. The number of aldehydes is 1. The van der Waals surface area contributed by atoms with E-state index in [2.05, 4.69) is 23.9 Å². The molecule has 0 aliphatic carbocycles. The second-order valence-corrected chi connectivity index (χ2v) is 2.51. The average molecular weight is 224 g/mol. The molecule has 7 heteroatoms. The largest absolute Gasteiger partial charge is 0.397 e. The number of carbonyl (C=O) groups excluding carboxylic acids is 2. The van der Waals surface area contributed by atoms with Crippen molar-refractivity contribution < 1.29 is 26.7 Å². The zero-order valence-corrected chi connectivity index (χ0v) is 8.49.